The van der Waals surface area contributed by atoms with Gasteiger partial charge in [-0.2, -0.15) is 0 Å². The molecule has 0 bridgehead atoms. The van der Waals surface area contributed by atoms with E-state index in [4.69, 9.17) is 4.52 Å². The van der Waals surface area contributed by atoms with Crippen LogP contribution in [0.3, 0.4) is 0 Å². The zero-order valence-electron chi connectivity index (χ0n) is 16.8. The maximum absolute atomic E-state index is 13.3. The topological polar surface area (TPSA) is 89.3 Å². The molecule has 0 aliphatic heterocycles. The molecule has 2 aliphatic rings. The van der Waals surface area contributed by atoms with Crippen molar-refractivity contribution in [1.29, 1.82) is 0 Å². The first-order chi connectivity index (χ1) is 13.9. The summed E-state index contributed by atoms with van der Waals surface area (Å²) in [7, 11) is -3.26. The van der Waals surface area contributed by atoms with E-state index in [1.807, 2.05) is 0 Å². The molecule has 1 amide bonds. The highest BCUT2D eigenvalue weighted by Crippen LogP contribution is 2.40. The minimum atomic E-state index is -3.26. The van der Waals surface area contributed by atoms with E-state index in [9.17, 15) is 13.2 Å². The van der Waals surface area contributed by atoms with E-state index < -0.39 is 9.84 Å². The molecule has 29 heavy (non-hydrogen) atoms. The molecule has 1 heterocycles. The molecule has 2 aliphatic carbocycles. The van der Waals surface area contributed by atoms with Gasteiger partial charge in [0.05, 0.1) is 17.0 Å². The summed E-state index contributed by atoms with van der Waals surface area (Å²) in [4.78, 5) is 13.5. The fraction of sp³-hybridized carbons (Fsp3) is 0.545. The first kappa shape index (κ1) is 20.1. The lowest BCUT2D eigenvalue weighted by Gasteiger charge is -2.24. The average Bonchev–Trinajstić information content (AvgIpc) is 3.30. The number of anilines is 1. The van der Waals surface area contributed by atoms with E-state index in [0.717, 1.165) is 43.4 Å². The van der Waals surface area contributed by atoms with E-state index in [2.05, 4.69) is 10.5 Å². The van der Waals surface area contributed by atoms with Gasteiger partial charge in [-0.25, -0.2) is 8.42 Å². The predicted molar refractivity (Wildman–Crippen MR) is 111 cm³/mol. The number of aromatic nitrogens is 1. The molecule has 1 aromatic carbocycles. The number of carbonyl (C=O) groups excluding carboxylic acids is 1. The van der Waals surface area contributed by atoms with Gasteiger partial charge in [-0.05, 0) is 42.9 Å². The first-order valence-corrected chi connectivity index (χ1v) is 12.4. The van der Waals surface area contributed by atoms with Crippen molar-refractivity contribution in [2.24, 2.45) is 5.92 Å². The molecule has 1 aromatic heterocycles. The second kappa shape index (κ2) is 8.30. The Morgan fingerprint density at radius 1 is 1.14 bits per heavy atom. The Kier molecular flexibility index (Phi) is 5.76. The minimum Gasteiger partial charge on any atom is -0.359 e. The largest absolute Gasteiger partial charge is 0.359 e. The molecule has 0 saturated heterocycles. The van der Waals surface area contributed by atoms with E-state index in [1.54, 1.807) is 30.5 Å². The molecule has 1 atom stereocenters. The molecule has 1 N–H and O–H groups in total. The van der Waals surface area contributed by atoms with E-state index in [0.29, 0.717) is 17.5 Å². The Bertz CT molecular complexity index is 955. The van der Waals surface area contributed by atoms with Gasteiger partial charge in [-0.3, -0.25) is 4.79 Å². The van der Waals surface area contributed by atoms with Gasteiger partial charge in [0.15, 0.2) is 15.6 Å². The number of amides is 1. The highest BCUT2D eigenvalue weighted by atomic mass is 32.2. The van der Waals surface area contributed by atoms with Crippen molar-refractivity contribution in [3.63, 3.8) is 0 Å². The van der Waals surface area contributed by atoms with Crippen molar-refractivity contribution in [2.75, 3.05) is 11.6 Å². The quantitative estimate of drug-likeness (QED) is 0.710. The molecular formula is C22H28N2O4S. The summed E-state index contributed by atoms with van der Waals surface area (Å²) >= 11 is 0. The van der Waals surface area contributed by atoms with Crippen LogP contribution in [0.15, 0.2) is 39.9 Å². The van der Waals surface area contributed by atoms with Crippen molar-refractivity contribution < 1.29 is 17.7 Å². The molecule has 0 spiro atoms. The van der Waals surface area contributed by atoms with Crippen LogP contribution in [-0.2, 0) is 14.6 Å². The maximum atomic E-state index is 13.3. The number of hydrogen-bond acceptors (Lipinski definition) is 5. The van der Waals surface area contributed by atoms with Crippen LogP contribution in [0, 0.1) is 5.92 Å². The second-order valence-electron chi connectivity index (χ2n) is 8.50. The third-order valence-corrected chi connectivity index (χ3v) is 7.53. The van der Waals surface area contributed by atoms with E-state index in [-0.39, 0.29) is 16.7 Å². The number of nitrogens with one attached hydrogen (secondary N) is 1. The van der Waals surface area contributed by atoms with Gasteiger partial charge in [0.25, 0.3) is 0 Å². The number of sulfone groups is 1. The summed E-state index contributed by atoms with van der Waals surface area (Å²) in [5, 5.41) is 6.94. The van der Waals surface area contributed by atoms with E-state index >= 15 is 0 Å². The lowest BCUT2D eigenvalue weighted by molar-refractivity contribution is -0.118. The smallest absolute Gasteiger partial charge is 0.232 e. The summed E-state index contributed by atoms with van der Waals surface area (Å²) in [6.45, 7) is 0. The lowest BCUT2D eigenvalue weighted by atomic mass is 9.83. The number of carbonyl (C=O) groups is 1. The number of nitrogens with zero attached hydrogens (tertiary/aromatic N) is 1. The van der Waals surface area contributed by atoms with Gasteiger partial charge >= 0.3 is 0 Å². The highest BCUT2D eigenvalue weighted by molar-refractivity contribution is 7.90. The minimum absolute atomic E-state index is 0.0761. The Labute approximate surface area is 172 Å². The van der Waals surface area contributed by atoms with Crippen LogP contribution in [0.4, 0.5) is 5.69 Å². The standard InChI is InChI=1S/C22H28N2O4S/c1-29(26,27)18-11-9-16(10-12-18)19(13-15-5-2-3-6-15)22(25)24-20-14-23-28-21(20)17-7-4-8-17/h9-12,14-15,17,19H,2-8,13H2,1H3,(H,24,25). The van der Waals surface area contributed by atoms with Gasteiger partial charge in [0.1, 0.15) is 5.69 Å². The zero-order chi connectivity index (χ0) is 20.4. The zero-order valence-corrected chi connectivity index (χ0v) is 17.6. The van der Waals surface area contributed by atoms with Crippen LogP contribution in [0.25, 0.3) is 0 Å². The summed E-state index contributed by atoms with van der Waals surface area (Å²) in [5.41, 5.74) is 1.52. The molecule has 6 nitrogen and oxygen atoms in total. The molecule has 7 heteroatoms. The summed E-state index contributed by atoms with van der Waals surface area (Å²) < 4.78 is 29.0. The van der Waals surface area contributed by atoms with Crippen LogP contribution >= 0.6 is 0 Å². The molecule has 2 saturated carbocycles. The highest BCUT2D eigenvalue weighted by Gasteiger charge is 2.30. The number of rotatable bonds is 7. The predicted octanol–water partition coefficient (Wildman–Crippen LogP) is 4.65. The Morgan fingerprint density at radius 2 is 1.83 bits per heavy atom. The summed E-state index contributed by atoms with van der Waals surface area (Å²) in [5.74, 6) is 1.24. The van der Waals surface area contributed by atoms with Crippen molar-refractivity contribution >= 4 is 21.4 Å². The maximum Gasteiger partial charge on any atom is 0.232 e. The molecule has 2 fully saturated rings. The van der Waals surface area contributed by atoms with Crippen LogP contribution < -0.4 is 5.32 Å². The van der Waals surface area contributed by atoms with Crippen LogP contribution in [-0.4, -0.2) is 25.7 Å². The van der Waals surface area contributed by atoms with Crippen LogP contribution in [0.1, 0.15) is 74.5 Å². The van der Waals surface area contributed by atoms with Gasteiger partial charge < -0.3 is 9.84 Å². The number of hydrogen-bond donors (Lipinski definition) is 1. The van der Waals surface area contributed by atoms with Gasteiger partial charge in [0.2, 0.25) is 5.91 Å². The third kappa shape index (κ3) is 4.55. The first-order valence-electron chi connectivity index (χ1n) is 10.5. The van der Waals surface area contributed by atoms with Crippen LogP contribution in [0.5, 0.6) is 0 Å². The fourth-order valence-electron chi connectivity index (χ4n) is 4.45. The Balaban J connectivity index is 1.56. The fourth-order valence-corrected chi connectivity index (χ4v) is 5.08. The van der Waals surface area contributed by atoms with Crippen molar-refractivity contribution in [1.82, 2.24) is 5.16 Å². The van der Waals surface area contributed by atoms with Gasteiger partial charge in [-0.1, -0.05) is 49.4 Å². The Hall–Kier alpha value is -2.15. The number of benzene rings is 1. The summed E-state index contributed by atoms with van der Waals surface area (Å²) in [6.07, 6.45) is 11.6. The molecule has 0 radical (unpaired) electrons. The van der Waals surface area contributed by atoms with Crippen molar-refractivity contribution in [3.8, 4) is 0 Å². The van der Waals surface area contributed by atoms with Crippen LogP contribution in [0.2, 0.25) is 0 Å². The van der Waals surface area contributed by atoms with Crippen molar-refractivity contribution in [3.05, 3.63) is 41.8 Å². The SMILES string of the molecule is CS(=O)(=O)c1ccc(C(CC2CCCC2)C(=O)Nc2cnoc2C2CCC2)cc1. The molecule has 1 unspecified atom stereocenters. The molecule has 156 valence electrons. The normalized spacial score (nSPS) is 19.1. The van der Waals surface area contributed by atoms with Gasteiger partial charge in [-0.15, -0.1) is 0 Å². The third-order valence-electron chi connectivity index (χ3n) is 6.40. The lowest BCUT2D eigenvalue weighted by Crippen LogP contribution is -2.24. The summed E-state index contributed by atoms with van der Waals surface area (Å²) in [6, 6.07) is 6.74. The Morgan fingerprint density at radius 3 is 2.41 bits per heavy atom. The second-order valence-corrected chi connectivity index (χ2v) is 10.5. The average molecular weight is 417 g/mol. The van der Waals surface area contributed by atoms with Crippen molar-refractivity contribution in [2.45, 2.75) is 68.1 Å². The monoisotopic (exact) mass is 416 g/mol. The molecular weight excluding hydrogens is 388 g/mol. The van der Waals surface area contributed by atoms with Gasteiger partial charge in [0, 0.05) is 12.2 Å². The molecule has 4 rings (SSSR count). The van der Waals surface area contributed by atoms with E-state index in [1.165, 1.54) is 25.5 Å². The molecule has 2 aromatic rings.